The highest BCUT2D eigenvalue weighted by Gasteiger charge is 2.14. The zero-order chi connectivity index (χ0) is 20.9. The van der Waals surface area contributed by atoms with E-state index >= 15 is 0 Å². The zero-order valence-corrected chi connectivity index (χ0v) is 16.7. The van der Waals surface area contributed by atoms with Gasteiger partial charge in [0.25, 0.3) is 5.91 Å². The molecule has 30 heavy (non-hydrogen) atoms. The lowest BCUT2D eigenvalue weighted by Gasteiger charge is -2.17. The van der Waals surface area contributed by atoms with Gasteiger partial charge in [-0.15, -0.1) is 0 Å². The molecule has 148 valence electrons. The van der Waals surface area contributed by atoms with Crippen molar-refractivity contribution in [2.24, 2.45) is 0 Å². The predicted molar refractivity (Wildman–Crippen MR) is 122 cm³/mol. The molecule has 0 saturated heterocycles. The van der Waals surface area contributed by atoms with Crippen LogP contribution in [0.25, 0.3) is 10.8 Å². The first-order chi connectivity index (χ1) is 14.6. The average Bonchev–Trinajstić information content (AvgIpc) is 2.79. The molecule has 0 fully saturated rings. The molecule has 0 bridgehead atoms. The number of rotatable bonds is 5. The molecule has 0 spiro atoms. The molecular formula is C26H22N2O2. The minimum absolute atomic E-state index is 0.118. The molecule has 0 aliphatic heterocycles. The number of amides is 2. The number of benzene rings is 4. The number of hydrogen-bond acceptors (Lipinski definition) is 2. The molecule has 0 aromatic heterocycles. The monoisotopic (exact) mass is 394 g/mol. The van der Waals surface area contributed by atoms with Crippen LogP contribution in [-0.2, 0) is 11.2 Å². The molecule has 0 radical (unpaired) electrons. The summed E-state index contributed by atoms with van der Waals surface area (Å²) >= 11 is 0. The maximum absolute atomic E-state index is 12.8. The fraction of sp³-hybridized carbons (Fsp3) is 0.0769. The van der Waals surface area contributed by atoms with Gasteiger partial charge in [0, 0.05) is 24.0 Å². The third kappa shape index (κ3) is 4.23. The fourth-order valence-electron chi connectivity index (χ4n) is 3.52. The molecule has 4 aromatic carbocycles. The Balaban J connectivity index is 1.49. The van der Waals surface area contributed by atoms with Crippen molar-refractivity contribution in [2.75, 3.05) is 17.3 Å². The predicted octanol–water partition coefficient (Wildman–Crippen LogP) is 5.30. The van der Waals surface area contributed by atoms with Crippen LogP contribution >= 0.6 is 0 Å². The maximum atomic E-state index is 12.8. The first-order valence-corrected chi connectivity index (χ1v) is 9.81. The largest absolute Gasteiger partial charge is 0.326 e. The number of fused-ring (bicyclic) bond motifs is 1. The van der Waals surface area contributed by atoms with E-state index in [1.165, 1.54) is 0 Å². The molecule has 0 aliphatic carbocycles. The van der Waals surface area contributed by atoms with Gasteiger partial charge in [-0.25, -0.2) is 0 Å². The van der Waals surface area contributed by atoms with Crippen LogP contribution in [0.5, 0.6) is 0 Å². The summed E-state index contributed by atoms with van der Waals surface area (Å²) in [6.07, 6.45) is 0.267. The second-order valence-corrected chi connectivity index (χ2v) is 7.14. The molecule has 0 unspecified atom stereocenters. The molecule has 4 rings (SSSR count). The lowest BCUT2D eigenvalue weighted by Crippen LogP contribution is -2.26. The Morgan fingerprint density at radius 2 is 1.50 bits per heavy atom. The van der Waals surface area contributed by atoms with Crippen molar-refractivity contribution < 1.29 is 9.59 Å². The number of anilines is 2. The van der Waals surface area contributed by atoms with Gasteiger partial charge in [-0.3, -0.25) is 9.59 Å². The van der Waals surface area contributed by atoms with Crippen LogP contribution in [-0.4, -0.2) is 18.9 Å². The number of nitrogens with one attached hydrogen (secondary N) is 1. The average molecular weight is 394 g/mol. The fourth-order valence-corrected chi connectivity index (χ4v) is 3.52. The highest BCUT2D eigenvalue weighted by molar-refractivity contribution is 6.06. The van der Waals surface area contributed by atoms with Gasteiger partial charge < -0.3 is 10.2 Å². The van der Waals surface area contributed by atoms with Crippen LogP contribution in [0.4, 0.5) is 11.4 Å². The van der Waals surface area contributed by atoms with Crippen LogP contribution in [0.15, 0.2) is 97.1 Å². The van der Waals surface area contributed by atoms with Gasteiger partial charge in [-0.05, 0) is 46.7 Å². The third-order valence-electron chi connectivity index (χ3n) is 5.07. The Hall–Kier alpha value is -3.92. The normalized spacial score (nSPS) is 10.6. The molecule has 0 aliphatic rings. The lowest BCUT2D eigenvalue weighted by atomic mass is 10.0. The number of hydrogen-bond donors (Lipinski definition) is 1. The molecule has 0 saturated carbocycles. The number of para-hydroxylation sites is 1. The number of nitrogens with zero attached hydrogens (tertiary/aromatic N) is 1. The molecule has 0 heterocycles. The van der Waals surface area contributed by atoms with Crippen molar-refractivity contribution in [3.8, 4) is 0 Å². The van der Waals surface area contributed by atoms with Crippen molar-refractivity contribution in [3.05, 3.63) is 108 Å². The van der Waals surface area contributed by atoms with Crippen LogP contribution in [0.3, 0.4) is 0 Å². The smallest absolute Gasteiger partial charge is 0.258 e. The molecular weight excluding hydrogens is 372 g/mol. The van der Waals surface area contributed by atoms with E-state index in [-0.39, 0.29) is 18.2 Å². The van der Waals surface area contributed by atoms with E-state index < -0.39 is 0 Å². The van der Waals surface area contributed by atoms with Crippen molar-refractivity contribution in [3.63, 3.8) is 0 Å². The zero-order valence-electron chi connectivity index (χ0n) is 16.7. The molecule has 4 aromatic rings. The standard InChI is InChI=1S/C26H22N2O2/c1-28(23-14-3-2-4-15-23)26(30)21-12-8-13-22(17-21)27-25(29)18-20-11-7-10-19-9-5-6-16-24(19)20/h2-17H,18H2,1H3,(H,27,29). The van der Waals surface area contributed by atoms with Crippen LogP contribution < -0.4 is 10.2 Å². The highest BCUT2D eigenvalue weighted by atomic mass is 16.2. The summed E-state index contributed by atoms with van der Waals surface area (Å²) in [7, 11) is 1.74. The van der Waals surface area contributed by atoms with Gasteiger partial charge in [0.05, 0.1) is 6.42 Å². The molecule has 4 heteroatoms. The van der Waals surface area contributed by atoms with Crippen molar-refractivity contribution >= 4 is 34.0 Å². The summed E-state index contributed by atoms with van der Waals surface area (Å²) in [5.74, 6) is -0.251. The van der Waals surface area contributed by atoms with Gasteiger partial charge in [0.1, 0.15) is 0 Å². The van der Waals surface area contributed by atoms with Gasteiger partial charge >= 0.3 is 0 Å². The summed E-state index contributed by atoms with van der Waals surface area (Å²) < 4.78 is 0. The van der Waals surface area contributed by atoms with E-state index in [2.05, 4.69) is 5.32 Å². The number of carbonyl (C=O) groups excluding carboxylic acids is 2. The second-order valence-electron chi connectivity index (χ2n) is 7.14. The first kappa shape index (κ1) is 19.4. The Morgan fingerprint density at radius 1 is 0.800 bits per heavy atom. The summed E-state index contributed by atoms with van der Waals surface area (Å²) in [4.78, 5) is 27.1. The lowest BCUT2D eigenvalue weighted by molar-refractivity contribution is -0.115. The quantitative estimate of drug-likeness (QED) is 0.499. The summed E-state index contributed by atoms with van der Waals surface area (Å²) in [6, 6.07) is 30.5. The number of carbonyl (C=O) groups is 2. The van der Waals surface area contributed by atoms with Crippen molar-refractivity contribution in [1.29, 1.82) is 0 Å². The summed E-state index contributed by atoms with van der Waals surface area (Å²) in [6.45, 7) is 0. The summed E-state index contributed by atoms with van der Waals surface area (Å²) in [5.41, 5.74) is 2.91. The van der Waals surface area contributed by atoms with Gasteiger partial charge in [-0.2, -0.15) is 0 Å². The molecule has 0 atom stereocenters. The topological polar surface area (TPSA) is 49.4 Å². The summed E-state index contributed by atoms with van der Waals surface area (Å²) in [5, 5.41) is 5.10. The molecule has 2 amide bonds. The van der Waals surface area contributed by atoms with E-state index in [1.807, 2.05) is 72.8 Å². The maximum Gasteiger partial charge on any atom is 0.258 e. The van der Waals surface area contributed by atoms with Crippen molar-refractivity contribution in [1.82, 2.24) is 0 Å². The molecule has 1 N–H and O–H groups in total. The van der Waals surface area contributed by atoms with Gasteiger partial charge in [0.2, 0.25) is 5.91 Å². The Kier molecular flexibility index (Phi) is 5.57. The Morgan fingerprint density at radius 3 is 2.33 bits per heavy atom. The van der Waals surface area contributed by atoms with E-state index in [1.54, 1.807) is 36.2 Å². The van der Waals surface area contributed by atoms with Crippen LogP contribution in [0.1, 0.15) is 15.9 Å². The van der Waals surface area contributed by atoms with Gasteiger partial charge in [-0.1, -0.05) is 66.7 Å². The van der Waals surface area contributed by atoms with Crippen LogP contribution in [0.2, 0.25) is 0 Å². The van der Waals surface area contributed by atoms with E-state index in [0.29, 0.717) is 11.3 Å². The van der Waals surface area contributed by atoms with Gasteiger partial charge in [0.15, 0.2) is 0 Å². The Labute approximate surface area is 175 Å². The third-order valence-corrected chi connectivity index (χ3v) is 5.07. The Bertz CT molecular complexity index is 1200. The van der Waals surface area contributed by atoms with E-state index in [0.717, 1.165) is 22.0 Å². The molecule has 4 nitrogen and oxygen atoms in total. The minimum atomic E-state index is -0.133. The SMILES string of the molecule is CN(C(=O)c1cccc(NC(=O)Cc2cccc3ccccc23)c1)c1ccccc1. The van der Waals surface area contributed by atoms with E-state index in [9.17, 15) is 9.59 Å². The highest BCUT2D eigenvalue weighted by Crippen LogP contribution is 2.20. The van der Waals surface area contributed by atoms with E-state index in [4.69, 9.17) is 0 Å². The minimum Gasteiger partial charge on any atom is -0.326 e. The first-order valence-electron chi connectivity index (χ1n) is 9.81. The second kappa shape index (κ2) is 8.62. The van der Waals surface area contributed by atoms with Crippen molar-refractivity contribution in [2.45, 2.75) is 6.42 Å². The van der Waals surface area contributed by atoms with Crippen LogP contribution in [0, 0.1) is 0 Å².